The number of rotatable bonds is 6. The first kappa shape index (κ1) is 11.2. The molecule has 0 unspecified atom stereocenters. The molecule has 0 aliphatic heterocycles. The van der Waals surface area contributed by atoms with Gasteiger partial charge >= 0.3 is 5.97 Å². The molecule has 0 aliphatic rings. The molecule has 0 rings (SSSR count). The number of hydrogen-bond donors (Lipinski definition) is 1. The third kappa shape index (κ3) is 3.07. The topological polar surface area (TPSA) is 37.3 Å². The highest BCUT2D eigenvalue weighted by atomic mass is 16.4. The number of aliphatic carboxylic acids is 1. The van der Waals surface area contributed by atoms with Crippen LogP contribution in [0, 0.1) is 5.41 Å². The minimum absolute atomic E-state index is 0.694. The maximum atomic E-state index is 10.8. The van der Waals surface area contributed by atoms with Gasteiger partial charge in [0.25, 0.3) is 0 Å². The fourth-order valence-corrected chi connectivity index (χ4v) is 1.04. The SMILES string of the molecule is C=C[C@](C)(CCCCC)C(=O)O. The lowest BCUT2D eigenvalue weighted by molar-refractivity contribution is -0.145. The van der Waals surface area contributed by atoms with Crippen LogP contribution in [0.3, 0.4) is 0 Å². The average Bonchev–Trinajstić information content (AvgIpc) is 2.04. The van der Waals surface area contributed by atoms with Crippen LogP contribution in [0.5, 0.6) is 0 Å². The zero-order valence-corrected chi connectivity index (χ0v) is 7.97. The number of carboxylic acid groups (broad SMARTS) is 1. The normalized spacial score (nSPS) is 15.2. The standard InChI is InChI=1S/C10H18O2/c1-4-6-7-8-10(3,5-2)9(11)12/h5H,2,4,6-8H2,1,3H3,(H,11,12)/t10-/m1/s1. The second-order valence-corrected chi connectivity index (χ2v) is 3.38. The summed E-state index contributed by atoms with van der Waals surface area (Å²) in [5.41, 5.74) is -0.727. The van der Waals surface area contributed by atoms with Crippen molar-refractivity contribution in [1.82, 2.24) is 0 Å². The Morgan fingerprint density at radius 1 is 1.58 bits per heavy atom. The zero-order valence-electron chi connectivity index (χ0n) is 7.97. The van der Waals surface area contributed by atoms with E-state index in [-0.39, 0.29) is 0 Å². The first-order valence-corrected chi connectivity index (χ1v) is 4.44. The first-order valence-electron chi connectivity index (χ1n) is 4.44. The lowest BCUT2D eigenvalue weighted by Gasteiger charge is -2.19. The van der Waals surface area contributed by atoms with Gasteiger partial charge in [0.15, 0.2) is 0 Å². The van der Waals surface area contributed by atoms with Crippen molar-refractivity contribution in [3.05, 3.63) is 12.7 Å². The van der Waals surface area contributed by atoms with Crippen molar-refractivity contribution in [2.45, 2.75) is 39.5 Å². The second-order valence-electron chi connectivity index (χ2n) is 3.38. The van der Waals surface area contributed by atoms with Crippen molar-refractivity contribution in [2.24, 2.45) is 5.41 Å². The number of carboxylic acids is 1. The van der Waals surface area contributed by atoms with E-state index in [1.54, 1.807) is 6.92 Å². The van der Waals surface area contributed by atoms with Gasteiger partial charge in [-0.2, -0.15) is 0 Å². The Balaban J connectivity index is 3.97. The molecule has 0 bridgehead atoms. The summed E-state index contributed by atoms with van der Waals surface area (Å²) in [6.07, 6.45) is 5.40. The molecule has 2 heteroatoms. The van der Waals surface area contributed by atoms with E-state index >= 15 is 0 Å². The van der Waals surface area contributed by atoms with Gasteiger partial charge in [-0.05, 0) is 13.3 Å². The Morgan fingerprint density at radius 2 is 2.17 bits per heavy atom. The molecule has 0 aromatic heterocycles. The summed E-state index contributed by atoms with van der Waals surface area (Å²) in [5, 5.41) is 8.86. The summed E-state index contributed by atoms with van der Waals surface area (Å²) in [6.45, 7) is 7.38. The van der Waals surface area contributed by atoms with Crippen LogP contribution in [0.4, 0.5) is 0 Å². The third-order valence-corrected chi connectivity index (χ3v) is 2.24. The van der Waals surface area contributed by atoms with Crippen LogP contribution in [-0.2, 0) is 4.79 Å². The Kier molecular flexibility index (Phi) is 4.64. The van der Waals surface area contributed by atoms with Crippen LogP contribution in [-0.4, -0.2) is 11.1 Å². The smallest absolute Gasteiger partial charge is 0.313 e. The molecular formula is C10H18O2. The van der Waals surface area contributed by atoms with Crippen molar-refractivity contribution in [3.8, 4) is 0 Å². The van der Waals surface area contributed by atoms with Gasteiger partial charge in [-0.1, -0.05) is 32.3 Å². The van der Waals surface area contributed by atoms with E-state index in [1.807, 2.05) is 0 Å². The highest BCUT2D eigenvalue weighted by Crippen LogP contribution is 2.25. The number of carbonyl (C=O) groups is 1. The summed E-state index contributed by atoms with van der Waals surface area (Å²) in [6, 6.07) is 0. The van der Waals surface area contributed by atoms with E-state index in [0.29, 0.717) is 6.42 Å². The van der Waals surface area contributed by atoms with Gasteiger partial charge in [-0.15, -0.1) is 6.58 Å². The predicted octanol–water partition coefficient (Wildman–Crippen LogP) is 2.84. The maximum Gasteiger partial charge on any atom is 0.313 e. The first-order chi connectivity index (χ1) is 5.56. The van der Waals surface area contributed by atoms with Crippen LogP contribution in [0.15, 0.2) is 12.7 Å². The Labute approximate surface area is 74.3 Å². The molecule has 0 aliphatic carbocycles. The highest BCUT2D eigenvalue weighted by molar-refractivity contribution is 5.76. The summed E-state index contributed by atoms with van der Waals surface area (Å²) in [5.74, 6) is -0.770. The minimum Gasteiger partial charge on any atom is -0.481 e. The molecule has 12 heavy (non-hydrogen) atoms. The van der Waals surface area contributed by atoms with Crippen LogP contribution in [0.25, 0.3) is 0 Å². The lowest BCUT2D eigenvalue weighted by atomic mass is 9.85. The molecule has 1 N–H and O–H groups in total. The molecule has 0 radical (unpaired) electrons. The monoisotopic (exact) mass is 170 g/mol. The summed E-state index contributed by atoms with van der Waals surface area (Å²) in [4.78, 5) is 10.8. The highest BCUT2D eigenvalue weighted by Gasteiger charge is 2.28. The molecule has 2 nitrogen and oxygen atoms in total. The van der Waals surface area contributed by atoms with Crippen molar-refractivity contribution < 1.29 is 9.90 Å². The maximum absolute atomic E-state index is 10.8. The largest absolute Gasteiger partial charge is 0.481 e. The third-order valence-electron chi connectivity index (χ3n) is 2.24. The fourth-order valence-electron chi connectivity index (χ4n) is 1.04. The van der Waals surface area contributed by atoms with Gasteiger partial charge in [0.1, 0.15) is 0 Å². The molecular weight excluding hydrogens is 152 g/mol. The lowest BCUT2D eigenvalue weighted by Crippen LogP contribution is -2.24. The van der Waals surface area contributed by atoms with Gasteiger partial charge < -0.3 is 5.11 Å². The van der Waals surface area contributed by atoms with Gasteiger partial charge in [-0.3, -0.25) is 4.79 Å². The molecule has 0 aromatic carbocycles. The van der Waals surface area contributed by atoms with E-state index in [0.717, 1.165) is 19.3 Å². The van der Waals surface area contributed by atoms with Crippen molar-refractivity contribution >= 4 is 5.97 Å². The molecule has 0 heterocycles. The molecule has 0 amide bonds. The summed E-state index contributed by atoms with van der Waals surface area (Å²) >= 11 is 0. The van der Waals surface area contributed by atoms with Crippen LogP contribution in [0.2, 0.25) is 0 Å². The summed E-state index contributed by atoms with van der Waals surface area (Å²) in [7, 11) is 0. The van der Waals surface area contributed by atoms with Gasteiger partial charge in [0.2, 0.25) is 0 Å². The fraction of sp³-hybridized carbons (Fsp3) is 0.700. The second kappa shape index (κ2) is 4.96. The molecule has 0 aromatic rings. The van der Waals surface area contributed by atoms with Crippen molar-refractivity contribution in [3.63, 3.8) is 0 Å². The van der Waals surface area contributed by atoms with Gasteiger partial charge in [-0.25, -0.2) is 0 Å². The Hall–Kier alpha value is -0.790. The average molecular weight is 170 g/mol. The van der Waals surface area contributed by atoms with E-state index < -0.39 is 11.4 Å². The Morgan fingerprint density at radius 3 is 2.50 bits per heavy atom. The molecule has 0 saturated heterocycles. The number of unbranched alkanes of at least 4 members (excludes halogenated alkanes) is 2. The quantitative estimate of drug-likeness (QED) is 0.491. The van der Waals surface area contributed by atoms with E-state index in [1.165, 1.54) is 6.08 Å². The van der Waals surface area contributed by atoms with Crippen LogP contribution < -0.4 is 0 Å². The molecule has 1 atom stereocenters. The molecule has 0 fully saturated rings. The predicted molar refractivity (Wildman–Crippen MR) is 50.1 cm³/mol. The Bertz CT molecular complexity index is 163. The minimum atomic E-state index is -0.770. The summed E-state index contributed by atoms with van der Waals surface area (Å²) < 4.78 is 0. The molecule has 70 valence electrons. The van der Waals surface area contributed by atoms with Gasteiger partial charge in [0, 0.05) is 0 Å². The van der Waals surface area contributed by atoms with Gasteiger partial charge in [0.05, 0.1) is 5.41 Å². The van der Waals surface area contributed by atoms with E-state index in [4.69, 9.17) is 5.11 Å². The van der Waals surface area contributed by atoms with E-state index in [2.05, 4.69) is 13.5 Å². The van der Waals surface area contributed by atoms with Crippen molar-refractivity contribution in [2.75, 3.05) is 0 Å². The van der Waals surface area contributed by atoms with Crippen LogP contribution in [0.1, 0.15) is 39.5 Å². The van der Waals surface area contributed by atoms with Crippen molar-refractivity contribution in [1.29, 1.82) is 0 Å². The number of hydrogen-bond acceptors (Lipinski definition) is 1. The van der Waals surface area contributed by atoms with E-state index in [9.17, 15) is 4.79 Å². The zero-order chi connectivity index (χ0) is 9.61. The molecule has 0 saturated carbocycles. The van der Waals surface area contributed by atoms with Crippen LogP contribution >= 0.6 is 0 Å². The molecule has 0 spiro atoms.